The van der Waals surface area contributed by atoms with Gasteiger partial charge in [0.15, 0.2) is 10.7 Å². The molecule has 0 atom stereocenters. The Bertz CT molecular complexity index is 1120. The van der Waals surface area contributed by atoms with Crippen LogP contribution in [0.25, 0.3) is 11.3 Å². The van der Waals surface area contributed by atoms with E-state index in [0.717, 1.165) is 44.2 Å². The lowest BCUT2D eigenvalue weighted by molar-refractivity contribution is -0.139. The Morgan fingerprint density at radius 1 is 1.13 bits per heavy atom. The number of halogens is 3. The molecule has 3 rings (SSSR count). The van der Waals surface area contributed by atoms with Gasteiger partial charge in [0.05, 0.1) is 10.5 Å². The highest BCUT2D eigenvalue weighted by atomic mass is 32.2. The molecule has 0 unspecified atom stereocenters. The molecule has 0 bridgehead atoms. The summed E-state index contributed by atoms with van der Waals surface area (Å²) < 4.78 is 88.6. The molecule has 11 heteroatoms. The number of thiol groups is 1. The molecule has 0 spiro atoms. The Labute approximate surface area is 174 Å². The standard InChI is InChI=1S/C19H23F3N2O4S2/c1-12-18(30(23,27)28)10-16(24(12)11-13-5-3-2-4-6-13)14-7-8-17(29(25)26)15(9-14)19(20,21)22/h7-10,13,29H,2-6,11H2,1H3,(H2,23,27,28). The minimum Gasteiger partial charge on any atom is -0.343 e. The summed E-state index contributed by atoms with van der Waals surface area (Å²) in [7, 11) is -7.53. The third kappa shape index (κ3) is 4.73. The lowest BCUT2D eigenvalue weighted by atomic mass is 9.89. The fraction of sp³-hybridized carbons (Fsp3) is 0.474. The number of aromatic nitrogens is 1. The summed E-state index contributed by atoms with van der Waals surface area (Å²) >= 11 is 0. The van der Waals surface area contributed by atoms with Gasteiger partial charge in [-0.3, -0.25) is 0 Å². The van der Waals surface area contributed by atoms with Crippen LogP contribution < -0.4 is 5.14 Å². The predicted octanol–water partition coefficient (Wildman–Crippen LogP) is 3.68. The molecule has 0 amide bonds. The maximum Gasteiger partial charge on any atom is 0.417 e. The van der Waals surface area contributed by atoms with E-state index in [1.165, 1.54) is 12.1 Å². The first-order chi connectivity index (χ1) is 13.9. The highest BCUT2D eigenvalue weighted by Gasteiger charge is 2.35. The second-order valence-electron chi connectivity index (χ2n) is 7.63. The number of sulfonamides is 1. The molecule has 1 saturated carbocycles. The van der Waals surface area contributed by atoms with E-state index in [0.29, 0.717) is 12.2 Å². The summed E-state index contributed by atoms with van der Waals surface area (Å²) in [6.45, 7) is 2.02. The van der Waals surface area contributed by atoms with Crippen LogP contribution in [0.15, 0.2) is 34.1 Å². The van der Waals surface area contributed by atoms with Crippen molar-refractivity contribution < 1.29 is 30.0 Å². The van der Waals surface area contributed by atoms with Gasteiger partial charge in [-0.05, 0) is 49.4 Å². The van der Waals surface area contributed by atoms with E-state index in [1.807, 2.05) is 0 Å². The molecular formula is C19H23F3N2O4S2. The zero-order valence-corrected chi connectivity index (χ0v) is 18.0. The number of nitrogens with zero attached hydrogens (tertiary/aromatic N) is 1. The molecule has 2 aromatic rings. The van der Waals surface area contributed by atoms with Crippen LogP contribution in [0, 0.1) is 12.8 Å². The average molecular weight is 465 g/mol. The highest BCUT2D eigenvalue weighted by Crippen LogP contribution is 2.38. The molecule has 0 radical (unpaired) electrons. The Morgan fingerprint density at radius 3 is 2.30 bits per heavy atom. The van der Waals surface area contributed by atoms with E-state index in [4.69, 9.17) is 5.14 Å². The Morgan fingerprint density at radius 2 is 1.77 bits per heavy atom. The van der Waals surface area contributed by atoms with Crippen LogP contribution in [0.5, 0.6) is 0 Å². The van der Waals surface area contributed by atoms with Crippen molar-refractivity contribution in [2.45, 2.75) is 61.5 Å². The minimum atomic E-state index is -4.88. The van der Waals surface area contributed by atoms with Crippen molar-refractivity contribution in [3.05, 3.63) is 35.5 Å². The Hall–Kier alpha value is -1.85. The van der Waals surface area contributed by atoms with Gasteiger partial charge in [-0.15, -0.1) is 0 Å². The van der Waals surface area contributed by atoms with Crippen molar-refractivity contribution in [3.8, 4) is 11.3 Å². The van der Waals surface area contributed by atoms with Gasteiger partial charge in [0.2, 0.25) is 10.0 Å². The third-order valence-corrected chi connectivity index (χ3v) is 7.40. The van der Waals surface area contributed by atoms with Crippen LogP contribution in [0.4, 0.5) is 13.2 Å². The van der Waals surface area contributed by atoms with Crippen LogP contribution in [0.3, 0.4) is 0 Å². The van der Waals surface area contributed by atoms with Crippen LogP contribution in [-0.4, -0.2) is 21.4 Å². The summed E-state index contributed by atoms with van der Waals surface area (Å²) in [5.41, 5.74) is -0.584. The van der Waals surface area contributed by atoms with Crippen molar-refractivity contribution in [3.63, 3.8) is 0 Å². The number of hydrogen-bond acceptors (Lipinski definition) is 4. The van der Waals surface area contributed by atoms with Crippen molar-refractivity contribution in [2.75, 3.05) is 0 Å². The second kappa shape index (κ2) is 8.35. The number of nitrogens with two attached hydrogens (primary N) is 1. The first-order valence-corrected chi connectivity index (χ1v) is 12.2. The molecular weight excluding hydrogens is 441 g/mol. The predicted molar refractivity (Wildman–Crippen MR) is 106 cm³/mol. The van der Waals surface area contributed by atoms with Crippen molar-refractivity contribution >= 4 is 20.7 Å². The Balaban J connectivity index is 2.19. The number of primary sulfonamides is 1. The van der Waals surface area contributed by atoms with Gasteiger partial charge in [-0.1, -0.05) is 25.3 Å². The normalized spacial score (nSPS) is 16.3. The number of alkyl halides is 3. The summed E-state index contributed by atoms with van der Waals surface area (Å²) in [4.78, 5) is -0.976. The topological polar surface area (TPSA) is 99.2 Å². The fourth-order valence-corrected chi connectivity index (χ4v) is 5.47. The van der Waals surface area contributed by atoms with E-state index in [2.05, 4.69) is 0 Å². The lowest BCUT2D eigenvalue weighted by Crippen LogP contribution is -2.17. The maximum atomic E-state index is 13.5. The fourth-order valence-electron chi connectivity index (χ4n) is 4.09. The number of hydrogen-bond donors (Lipinski definition) is 2. The molecule has 1 aliphatic carbocycles. The molecule has 0 aliphatic heterocycles. The zero-order valence-electron chi connectivity index (χ0n) is 16.3. The van der Waals surface area contributed by atoms with E-state index < -0.39 is 37.4 Å². The van der Waals surface area contributed by atoms with Gasteiger partial charge < -0.3 is 4.57 Å². The summed E-state index contributed by atoms with van der Waals surface area (Å²) in [6.07, 6.45) is 0.244. The molecule has 0 saturated heterocycles. The van der Waals surface area contributed by atoms with Crippen molar-refractivity contribution in [2.24, 2.45) is 11.1 Å². The van der Waals surface area contributed by atoms with Crippen LogP contribution in [0.1, 0.15) is 43.4 Å². The summed E-state index contributed by atoms with van der Waals surface area (Å²) in [5, 5.41) is 5.31. The van der Waals surface area contributed by atoms with Crippen molar-refractivity contribution in [1.29, 1.82) is 0 Å². The van der Waals surface area contributed by atoms with Gasteiger partial charge in [0, 0.05) is 17.9 Å². The lowest BCUT2D eigenvalue weighted by Gasteiger charge is -2.24. The molecule has 166 valence electrons. The largest absolute Gasteiger partial charge is 0.417 e. The molecule has 1 fully saturated rings. The first-order valence-electron chi connectivity index (χ1n) is 9.48. The molecule has 1 aliphatic rings. The van der Waals surface area contributed by atoms with Gasteiger partial charge in [-0.25, -0.2) is 22.0 Å². The smallest absolute Gasteiger partial charge is 0.343 e. The van der Waals surface area contributed by atoms with E-state index >= 15 is 0 Å². The van der Waals surface area contributed by atoms with E-state index in [-0.39, 0.29) is 22.1 Å². The van der Waals surface area contributed by atoms with Crippen LogP contribution in [0.2, 0.25) is 0 Å². The second-order valence-corrected chi connectivity index (χ2v) is 10.2. The summed E-state index contributed by atoms with van der Waals surface area (Å²) in [6, 6.07) is 4.17. The molecule has 1 heterocycles. The van der Waals surface area contributed by atoms with E-state index in [9.17, 15) is 30.0 Å². The van der Waals surface area contributed by atoms with Gasteiger partial charge >= 0.3 is 6.18 Å². The molecule has 6 nitrogen and oxygen atoms in total. The maximum absolute atomic E-state index is 13.5. The highest BCUT2D eigenvalue weighted by molar-refractivity contribution is 7.89. The van der Waals surface area contributed by atoms with Crippen molar-refractivity contribution in [1.82, 2.24) is 4.57 Å². The van der Waals surface area contributed by atoms with Crippen LogP contribution >= 0.6 is 0 Å². The first kappa shape index (κ1) is 22.8. The molecule has 1 aromatic heterocycles. The molecule has 1 aromatic carbocycles. The minimum absolute atomic E-state index is 0.0803. The van der Waals surface area contributed by atoms with Gasteiger partial charge in [0.1, 0.15) is 4.90 Å². The van der Waals surface area contributed by atoms with Gasteiger partial charge in [-0.2, -0.15) is 13.2 Å². The third-order valence-electron chi connectivity index (χ3n) is 5.59. The van der Waals surface area contributed by atoms with Crippen LogP contribution in [-0.2, 0) is 33.4 Å². The molecule has 2 N–H and O–H groups in total. The van der Waals surface area contributed by atoms with E-state index in [1.54, 1.807) is 11.5 Å². The summed E-state index contributed by atoms with van der Waals surface area (Å²) in [5.74, 6) is 0.273. The number of rotatable bonds is 5. The quantitative estimate of drug-likeness (QED) is 0.660. The SMILES string of the molecule is Cc1c(S(N)(=O)=O)cc(-c2ccc([SH](=O)=O)c(C(F)(F)F)c2)n1CC1CCCCC1. The number of benzene rings is 1. The monoisotopic (exact) mass is 464 g/mol. The zero-order chi connectivity index (χ0) is 22.3. The average Bonchev–Trinajstić information content (AvgIpc) is 2.98. The molecule has 30 heavy (non-hydrogen) atoms. The Kier molecular flexibility index (Phi) is 6.35. The van der Waals surface area contributed by atoms with Gasteiger partial charge in [0.25, 0.3) is 0 Å².